The summed E-state index contributed by atoms with van der Waals surface area (Å²) >= 11 is 1.57. The first-order valence-corrected chi connectivity index (χ1v) is 7.50. The zero-order valence-corrected chi connectivity index (χ0v) is 11.4. The SMILES string of the molecule is Nc1cccc(SCC(=O)N2CCCCCC2)c1. The lowest BCUT2D eigenvalue weighted by molar-refractivity contribution is -0.128. The molecule has 0 atom stereocenters. The number of nitrogens with two attached hydrogens (primary N) is 1. The molecule has 0 unspecified atom stereocenters. The third-order valence-corrected chi connectivity index (χ3v) is 4.16. The predicted molar refractivity (Wildman–Crippen MR) is 76.6 cm³/mol. The predicted octanol–water partition coefficient (Wildman–Crippen LogP) is 2.76. The van der Waals surface area contributed by atoms with Crippen molar-refractivity contribution in [2.24, 2.45) is 0 Å². The maximum Gasteiger partial charge on any atom is 0.232 e. The van der Waals surface area contributed by atoms with Gasteiger partial charge in [-0.15, -0.1) is 11.8 Å². The molecule has 0 radical (unpaired) electrons. The topological polar surface area (TPSA) is 46.3 Å². The number of rotatable bonds is 3. The molecule has 1 aliphatic rings. The number of thioether (sulfide) groups is 1. The van der Waals surface area contributed by atoms with Gasteiger partial charge < -0.3 is 10.6 Å². The zero-order chi connectivity index (χ0) is 12.8. The third kappa shape index (κ3) is 3.95. The molecule has 1 aromatic carbocycles. The van der Waals surface area contributed by atoms with Gasteiger partial charge in [-0.1, -0.05) is 18.9 Å². The summed E-state index contributed by atoms with van der Waals surface area (Å²) in [6.07, 6.45) is 4.81. The van der Waals surface area contributed by atoms with Crippen LogP contribution in [0.2, 0.25) is 0 Å². The van der Waals surface area contributed by atoms with E-state index in [-0.39, 0.29) is 5.91 Å². The second kappa shape index (κ2) is 6.69. The van der Waals surface area contributed by atoms with Crippen molar-refractivity contribution in [3.05, 3.63) is 24.3 Å². The normalized spacial score (nSPS) is 16.3. The largest absolute Gasteiger partial charge is 0.399 e. The van der Waals surface area contributed by atoms with Crippen molar-refractivity contribution in [3.63, 3.8) is 0 Å². The maximum absolute atomic E-state index is 12.1. The smallest absolute Gasteiger partial charge is 0.232 e. The average molecular weight is 264 g/mol. The Bertz CT molecular complexity index is 401. The molecule has 2 N–H and O–H groups in total. The molecule has 3 nitrogen and oxygen atoms in total. The van der Waals surface area contributed by atoms with Gasteiger partial charge in [0.2, 0.25) is 5.91 Å². The molecule has 1 fully saturated rings. The van der Waals surface area contributed by atoms with Crippen molar-refractivity contribution in [1.29, 1.82) is 0 Å². The minimum atomic E-state index is 0.254. The number of nitrogens with zero attached hydrogens (tertiary/aromatic N) is 1. The number of likely N-dealkylation sites (tertiary alicyclic amines) is 1. The number of carbonyl (C=O) groups excluding carboxylic acids is 1. The fourth-order valence-electron chi connectivity index (χ4n) is 2.16. The Labute approximate surface area is 113 Å². The van der Waals surface area contributed by atoms with E-state index >= 15 is 0 Å². The Morgan fingerprint density at radius 1 is 1.22 bits per heavy atom. The molecular formula is C14H20N2OS. The summed E-state index contributed by atoms with van der Waals surface area (Å²) in [7, 11) is 0. The maximum atomic E-state index is 12.1. The summed E-state index contributed by atoms with van der Waals surface area (Å²) < 4.78 is 0. The highest BCUT2D eigenvalue weighted by atomic mass is 32.2. The molecular weight excluding hydrogens is 244 g/mol. The highest BCUT2D eigenvalue weighted by molar-refractivity contribution is 8.00. The van der Waals surface area contributed by atoms with Crippen molar-refractivity contribution in [3.8, 4) is 0 Å². The van der Waals surface area contributed by atoms with E-state index in [0.717, 1.165) is 36.5 Å². The van der Waals surface area contributed by atoms with Crippen LogP contribution in [0.5, 0.6) is 0 Å². The molecule has 0 spiro atoms. The van der Waals surface area contributed by atoms with E-state index in [2.05, 4.69) is 0 Å². The molecule has 1 aromatic rings. The monoisotopic (exact) mass is 264 g/mol. The van der Waals surface area contributed by atoms with E-state index in [9.17, 15) is 4.79 Å². The van der Waals surface area contributed by atoms with Crippen molar-refractivity contribution >= 4 is 23.4 Å². The Morgan fingerprint density at radius 2 is 1.94 bits per heavy atom. The molecule has 0 saturated carbocycles. The van der Waals surface area contributed by atoms with Crippen LogP contribution in [0.15, 0.2) is 29.2 Å². The van der Waals surface area contributed by atoms with Crippen molar-refractivity contribution in [2.75, 3.05) is 24.6 Å². The van der Waals surface area contributed by atoms with Gasteiger partial charge in [0.25, 0.3) is 0 Å². The number of carbonyl (C=O) groups is 1. The molecule has 1 saturated heterocycles. The molecule has 0 bridgehead atoms. The Kier molecular flexibility index (Phi) is 4.93. The second-order valence-corrected chi connectivity index (χ2v) is 5.70. The highest BCUT2D eigenvalue weighted by Crippen LogP contribution is 2.21. The summed E-state index contributed by atoms with van der Waals surface area (Å²) in [5, 5.41) is 0. The van der Waals surface area contributed by atoms with Gasteiger partial charge in [-0.05, 0) is 31.0 Å². The summed E-state index contributed by atoms with van der Waals surface area (Å²) in [4.78, 5) is 15.2. The van der Waals surface area contributed by atoms with Crippen LogP contribution in [-0.4, -0.2) is 29.6 Å². The quantitative estimate of drug-likeness (QED) is 0.674. The van der Waals surface area contributed by atoms with Crippen LogP contribution >= 0.6 is 11.8 Å². The Morgan fingerprint density at radius 3 is 2.61 bits per heavy atom. The Hall–Kier alpha value is -1.16. The van der Waals surface area contributed by atoms with Crippen molar-refractivity contribution < 1.29 is 4.79 Å². The number of hydrogen-bond donors (Lipinski definition) is 1. The van der Waals surface area contributed by atoms with Gasteiger partial charge >= 0.3 is 0 Å². The lowest BCUT2D eigenvalue weighted by Gasteiger charge is -2.19. The number of nitrogen functional groups attached to an aromatic ring is 1. The fourth-order valence-corrected chi connectivity index (χ4v) is 3.03. The van der Waals surface area contributed by atoms with Crippen LogP contribution in [0, 0.1) is 0 Å². The lowest BCUT2D eigenvalue weighted by atomic mass is 10.2. The van der Waals surface area contributed by atoms with Gasteiger partial charge in [-0.25, -0.2) is 0 Å². The summed E-state index contributed by atoms with van der Waals surface area (Å²) in [5.74, 6) is 0.771. The first kappa shape index (κ1) is 13.3. The van der Waals surface area contributed by atoms with Gasteiger partial charge in [0.1, 0.15) is 0 Å². The molecule has 1 aliphatic heterocycles. The van der Waals surface area contributed by atoms with Crippen LogP contribution in [0.3, 0.4) is 0 Å². The molecule has 1 heterocycles. The number of benzene rings is 1. The molecule has 4 heteroatoms. The molecule has 0 aromatic heterocycles. The Balaban J connectivity index is 1.83. The minimum absolute atomic E-state index is 0.254. The molecule has 0 aliphatic carbocycles. The second-order valence-electron chi connectivity index (χ2n) is 4.66. The number of amides is 1. The summed E-state index contributed by atoms with van der Waals surface area (Å²) in [5.41, 5.74) is 6.47. The van der Waals surface area contributed by atoms with E-state index in [1.807, 2.05) is 29.2 Å². The fraction of sp³-hybridized carbons (Fsp3) is 0.500. The van der Waals surface area contributed by atoms with Crippen molar-refractivity contribution in [2.45, 2.75) is 30.6 Å². The average Bonchev–Trinajstić information content (AvgIpc) is 2.65. The zero-order valence-electron chi connectivity index (χ0n) is 10.6. The highest BCUT2D eigenvalue weighted by Gasteiger charge is 2.15. The molecule has 1 amide bonds. The van der Waals surface area contributed by atoms with Crippen molar-refractivity contribution in [1.82, 2.24) is 4.90 Å². The van der Waals surface area contributed by atoms with E-state index in [4.69, 9.17) is 5.73 Å². The lowest BCUT2D eigenvalue weighted by Crippen LogP contribution is -2.33. The first-order valence-electron chi connectivity index (χ1n) is 6.52. The van der Waals surface area contributed by atoms with Gasteiger partial charge in [-0.3, -0.25) is 4.79 Å². The van der Waals surface area contributed by atoms with Gasteiger partial charge in [0.05, 0.1) is 5.75 Å². The minimum Gasteiger partial charge on any atom is -0.399 e. The first-order chi connectivity index (χ1) is 8.75. The summed E-state index contributed by atoms with van der Waals surface area (Å²) in [6, 6.07) is 7.70. The van der Waals surface area contributed by atoms with Crippen LogP contribution in [0.25, 0.3) is 0 Å². The van der Waals surface area contributed by atoms with E-state index in [0.29, 0.717) is 5.75 Å². The van der Waals surface area contributed by atoms with E-state index < -0.39 is 0 Å². The van der Waals surface area contributed by atoms with Gasteiger partial charge in [0.15, 0.2) is 0 Å². The molecule has 98 valence electrons. The van der Waals surface area contributed by atoms with E-state index in [1.165, 1.54) is 12.8 Å². The molecule has 2 rings (SSSR count). The standard InChI is InChI=1S/C14H20N2OS/c15-12-6-5-7-13(10-12)18-11-14(17)16-8-3-1-2-4-9-16/h5-7,10H,1-4,8-9,11,15H2. The number of anilines is 1. The van der Waals surface area contributed by atoms with Crippen LogP contribution in [0.4, 0.5) is 5.69 Å². The van der Waals surface area contributed by atoms with Crippen LogP contribution < -0.4 is 5.73 Å². The van der Waals surface area contributed by atoms with Gasteiger partial charge in [-0.2, -0.15) is 0 Å². The van der Waals surface area contributed by atoms with Crippen LogP contribution in [-0.2, 0) is 4.79 Å². The summed E-state index contributed by atoms with van der Waals surface area (Å²) in [6.45, 7) is 1.85. The third-order valence-electron chi connectivity index (χ3n) is 3.18. The molecule has 18 heavy (non-hydrogen) atoms. The number of hydrogen-bond acceptors (Lipinski definition) is 3. The van der Waals surface area contributed by atoms with E-state index in [1.54, 1.807) is 11.8 Å². The van der Waals surface area contributed by atoms with Gasteiger partial charge in [0, 0.05) is 23.7 Å². The van der Waals surface area contributed by atoms with Crippen LogP contribution in [0.1, 0.15) is 25.7 Å².